The van der Waals surface area contributed by atoms with E-state index in [9.17, 15) is 18.0 Å². The maximum absolute atomic E-state index is 12.4. The van der Waals surface area contributed by atoms with E-state index < -0.39 is 17.4 Å². The first-order valence-corrected chi connectivity index (χ1v) is 5.27. The van der Waals surface area contributed by atoms with Gasteiger partial charge in [-0.15, -0.1) is 0 Å². The number of benzene rings is 1. The first kappa shape index (κ1) is 11.4. The summed E-state index contributed by atoms with van der Waals surface area (Å²) < 4.78 is 42.5. The lowest BCUT2D eigenvalue weighted by Gasteiger charge is -2.06. The van der Waals surface area contributed by atoms with Crippen LogP contribution in [-0.4, -0.2) is 0 Å². The van der Waals surface area contributed by atoms with Gasteiger partial charge >= 0.3 is 11.8 Å². The van der Waals surface area contributed by atoms with E-state index in [1.165, 1.54) is 6.07 Å². The number of hydrogen-bond donors (Lipinski definition) is 0. The van der Waals surface area contributed by atoms with Crippen molar-refractivity contribution >= 4 is 33.6 Å². The molecule has 16 heavy (non-hydrogen) atoms. The Kier molecular flexibility index (Phi) is 2.69. The maximum atomic E-state index is 12.4. The van der Waals surface area contributed by atoms with Crippen molar-refractivity contribution in [2.45, 2.75) is 6.18 Å². The van der Waals surface area contributed by atoms with Gasteiger partial charge in [-0.2, -0.15) is 13.2 Å². The topological polar surface area (TPSA) is 30.2 Å². The van der Waals surface area contributed by atoms with E-state index in [2.05, 4.69) is 4.42 Å². The van der Waals surface area contributed by atoms with Gasteiger partial charge in [-0.25, -0.2) is 4.79 Å². The van der Waals surface area contributed by atoms with E-state index in [0.29, 0.717) is 3.57 Å². The molecule has 2 nitrogen and oxygen atoms in total. The highest BCUT2D eigenvalue weighted by Crippen LogP contribution is 2.29. The minimum absolute atomic E-state index is 0.182. The van der Waals surface area contributed by atoms with Crippen LogP contribution < -0.4 is 5.63 Å². The third-order valence-electron chi connectivity index (χ3n) is 2.02. The van der Waals surface area contributed by atoms with Gasteiger partial charge < -0.3 is 4.42 Å². The fourth-order valence-corrected chi connectivity index (χ4v) is 1.94. The third kappa shape index (κ3) is 1.93. The Bertz CT molecular complexity index is 601. The number of para-hydroxylation sites is 1. The van der Waals surface area contributed by atoms with Gasteiger partial charge in [0.15, 0.2) is 5.58 Å². The highest BCUT2D eigenvalue weighted by atomic mass is 127. The van der Waals surface area contributed by atoms with Crippen LogP contribution in [0.25, 0.3) is 11.0 Å². The lowest BCUT2D eigenvalue weighted by molar-refractivity contribution is -0.139. The summed E-state index contributed by atoms with van der Waals surface area (Å²) >= 11 is 1.89. The smallest absolute Gasteiger partial charge is 0.421 e. The first-order chi connectivity index (χ1) is 7.39. The summed E-state index contributed by atoms with van der Waals surface area (Å²) in [5.74, 6) is 0. The molecule has 0 radical (unpaired) electrons. The summed E-state index contributed by atoms with van der Waals surface area (Å²) in [5, 5.41) is 0.263. The van der Waals surface area contributed by atoms with Crippen LogP contribution in [0, 0.1) is 3.57 Å². The van der Waals surface area contributed by atoms with Crippen LogP contribution in [0.1, 0.15) is 5.56 Å². The molecule has 0 fully saturated rings. The molecule has 0 aliphatic rings. The zero-order chi connectivity index (χ0) is 11.9. The standard InChI is InChI=1S/C10H4F3IO2/c11-10(12,13)6-4-5-2-1-3-7(14)8(5)16-9(6)15/h1-4H. The lowest BCUT2D eigenvalue weighted by Crippen LogP contribution is -2.18. The minimum atomic E-state index is -4.68. The summed E-state index contributed by atoms with van der Waals surface area (Å²) in [6.45, 7) is 0. The molecule has 0 aliphatic carbocycles. The van der Waals surface area contributed by atoms with E-state index >= 15 is 0 Å². The van der Waals surface area contributed by atoms with E-state index in [1.54, 1.807) is 12.1 Å². The quantitative estimate of drug-likeness (QED) is 0.544. The van der Waals surface area contributed by atoms with Crippen LogP contribution in [0.2, 0.25) is 0 Å². The van der Waals surface area contributed by atoms with Crippen LogP contribution >= 0.6 is 22.6 Å². The van der Waals surface area contributed by atoms with Crippen LogP contribution in [0.5, 0.6) is 0 Å². The highest BCUT2D eigenvalue weighted by molar-refractivity contribution is 14.1. The van der Waals surface area contributed by atoms with Gasteiger partial charge in [0.2, 0.25) is 0 Å². The molecule has 0 spiro atoms. The molecule has 1 aromatic heterocycles. The van der Waals surface area contributed by atoms with Crippen molar-refractivity contribution in [3.05, 3.63) is 43.8 Å². The Balaban J connectivity index is 2.83. The molecule has 0 bridgehead atoms. The second kappa shape index (κ2) is 3.76. The van der Waals surface area contributed by atoms with Crippen LogP contribution in [-0.2, 0) is 6.18 Å². The van der Waals surface area contributed by atoms with Gasteiger partial charge in [0, 0.05) is 5.39 Å². The summed E-state index contributed by atoms with van der Waals surface area (Å²) in [6.07, 6.45) is -4.68. The zero-order valence-corrected chi connectivity index (χ0v) is 9.80. The van der Waals surface area contributed by atoms with E-state index in [-0.39, 0.29) is 11.0 Å². The van der Waals surface area contributed by atoms with Gasteiger partial charge in [0.25, 0.3) is 0 Å². The summed E-state index contributed by atoms with van der Waals surface area (Å²) in [7, 11) is 0. The average Bonchev–Trinajstić information content (AvgIpc) is 2.17. The molecular formula is C10H4F3IO2. The summed E-state index contributed by atoms with van der Waals surface area (Å²) in [4.78, 5) is 11.1. The summed E-state index contributed by atoms with van der Waals surface area (Å²) in [5.41, 5.74) is -2.45. The molecule has 1 heterocycles. The molecule has 0 aliphatic heterocycles. The molecule has 1 aromatic carbocycles. The molecule has 2 rings (SSSR count). The summed E-state index contributed by atoms with van der Waals surface area (Å²) in [6, 6.07) is 5.53. The van der Waals surface area contributed by atoms with Gasteiger partial charge in [0.1, 0.15) is 5.56 Å². The molecule has 0 saturated heterocycles. The number of fused-ring (bicyclic) bond motifs is 1. The Hall–Kier alpha value is -1.05. The molecule has 6 heteroatoms. The van der Waals surface area contributed by atoms with Crippen molar-refractivity contribution in [2.75, 3.05) is 0 Å². The van der Waals surface area contributed by atoms with Crippen molar-refractivity contribution in [1.82, 2.24) is 0 Å². The Morgan fingerprint density at radius 1 is 1.25 bits per heavy atom. The van der Waals surface area contributed by atoms with Crippen molar-refractivity contribution in [3.8, 4) is 0 Å². The second-order valence-electron chi connectivity index (χ2n) is 3.10. The Morgan fingerprint density at radius 3 is 2.56 bits per heavy atom. The van der Waals surface area contributed by atoms with Crippen LogP contribution in [0.3, 0.4) is 0 Å². The lowest BCUT2D eigenvalue weighted by atomic mass is 10.2. The van der Waals surface area contributed by atoms with Crippen molar-refractivity contribution in [1.29, 1.82) is 0 Å². The zero-order valence-electron chi connectivity index (χ0n) is 7.64. The van der Waals surface area contributed by atoms with Crippen molar-refractivity contribution in [3.63, 3.8) is 0 Å². The molecule has 0 unspecified atom stereocenters. The van der Waals surface area contributed by atoms with Gasteiger partial charge in [0.05, 0.1) is 3.57 Å². The number of alkyl halides is 3. The van der Waals surface area contributed by atoms with Crippen molar-refractivity contribution < 1.29 is 17.6 Å². The average molecular weight is 340 g/mol. The van der Waals surface area contributed by atoms with Gasteiger partial charge in [-0.3, -0.25) is 0 Å². The second-order valence-corrected chi connectivity index (χ2v) is 4.27. The first-order valence-electron chi connectivity index (χ1n) is 4.19. The van der Waals surface area contributed by atoms with E-state index in [1.807, 2.05) is 22.6 Å². The number of hydrogen-bond acceptors (Lipinski definition) is 2. The number of halogens is 4. The molecule has 2 aromatic rings. The molecule has 0 amide bonds. The normalized spacial score (nSPS) is 12.0. The van der Waals surface area contributed by atoms with Gasteiger partial charge in [-0.05, 0) is 34.7 Å². The largest absolute Gasteiger partial charge is 0.423 e. The monoisotopic (exact) mass is 340 g/mol. The Morgan fingerprint density at radius 2 is 1.94 bits per heavy atom. The van der Waals surface area contributed by atoms with E-state index in [0.717, 1.165) is 6.07 Å². The Labute approximate surface area is 101 Å². The molecular weight excluding hydrogens is 336 g/mol. The predicted molar refractivity (Wildman–Crippen MR) is 60.2 cm³/mol. The molecule has 84 valence electrons. The SMILES string of the molecule is O=c1oc2c(I)cccc2cc1C(F)(F)F. The number of rotatable bonds is 0. The van der Waals surface area contributed by atoms with E-state index in [4.69, 9.17) is 0 Å². The molecule has 0 saturated carbocycles. The third-order valence-corrected chi connectivity index (χ3v) is 2.87. The van der Waals surface area contributed by atoms with Gasteiger partial charge in [-0.1, -0.05) is 12.1 Å². The molecule has 0 atom stereocenters. The van der Waals surface area contributed by atoms with Crippen molar-refractivity contribution in [2.24, 2.45) is 0 Å². The fraction of sp³-hybridized carbons (Fsp3) is 0.100. The van der Waals surface area contributed by atoms with Crippen LogP contribution in [0.4, 0.5) is 13.2 Å². The minimum Gasteiger partial charge on any atom is -0.421 e. The van der Waals surface area contributed by atoms with Crippen LogP contribution in [0.15, 0.2) is 33.5 Å². The molecule has 0 N–H and O–H groups in total. The maximum Gasteiger partial charge on any atom is 0.423 e. The highest BCUT2D eigenvalue weighted by Gasteiger charge is 2.35. The fourth-order valence-electron chi connectivity index (χ4n) is 1.31. The predicted octanol–water partition coefficient (Wildman–Crippen LogP) is 3.42.